The van der Waals surface area contributed by atoms with Gasteiger partial charge in [-0.2, -0.15) is 0 Å². The van der Waals surface area contributed by atoms with E-state index in [1.165, 1.54) is 12.5 Å². The number of hydrogen-bond donors (Lipinski definition) is 2. The molecular formula is C19H20N4O2. The molecule has 25 heavy (non-hydrogen) atoms. The number of benzene rings is 1. The molecule has 3 aromatic rings. The van der Waals surface area contributed by atoms with E-state index in [2.05, 4.69) is 39.7 Å². The van der Waals surface area contributed by atoms with Gasteiger partial charge in [0.05, 0.1) is 18.2 Å². The Morgan fingerprint density at radius 2 is 1.92 bits per heavy atom. The molecule has 0 aliphatic heterocycles. The normalized spacial score (nSPS) is 10.5. The lowest BCUT2D eigenvalue weighted by Crippen LogP contribution is -2.26. The number of carbonyl (C=O) groups excluding carboxylic acids is 1. The highest BCUT2D eigenvalue weighted by molar-refractivity contribution is 5.80. The Morgan fingerprint density at radius 3 is 2.60 bits per heavy atom. The van der Waals surface area contributed by atoms with Crippen LogP contribution in [0.25, 0.3) is 22.4 Å². The standard InChI is InChI=1S/C19H20N4O2/c1-13-3-5-15(6-4-13)18-17(16-7-10-25-12-16)11-22-19(23-18)21-9-8-20-14(2)24/h3-7,10-12H,8-9H2,1-2H3,(H,20,24)(H,21,22,23). The van der Waals surface area contributed by atoms with Crippen molar-refractivity contribution in [3.63, 3.8) is 0 Å². The van der Waals surface area contributed by atoms with Crippen molar-refractivity contribution in [1.29, 1.82) is 0 Å². The first-order valence-electron chi connectivity index (χ1n) is 8.08. The number of nitrogens with zero attached hydrogens (tertiary/aromatic N) is 2. The number of anilines is 1. The Morgan fingerprint density at radius 1 is 1.12 bits per heavy atom. The van der Waals surface area contributed by atoms with Crippen molar-refractivity contribution < 1.29 is 9.21 Å². The third-order valence-electron chi connectivity index (χ3n) is 3.73. The fourth-order valence-electron chi connectivity index (χ4n) is 2.44. The predicted molar refractivity (Wildman–Crippen MR) is 97.1 cm³/mol. The topological polar surface area (TPSA) is 80.0 Å². The monoisotopic (exact) mass is 336 g/mol. The molecule has 1 amide bonds. The van der Waals surface area contributed by atoms with Crippen LogP contribution in [-0.4, -0.2) is 29.0 Å². The van der Waals surface area contributed by atoms with Gasteiger partial charge in [0.15, 0.2) is 0 Å². The third kappa shape index (κ3) is 4.23. The number of furan rings is 1. The molecule has 1 aromatic carbocycles. The van der Waals surface area contributed by atoms with Gasteiger partial charge in [-0.3, -0.25) is 4.79 Å². The van der Waals surface area contributed by atoms with Gasteiger partial charge in [-0.05, 0) is 13.0 Å². The number of aryl methyl sites for hydroxylation is 1. The minimum absolute atomic E-state index is 0.0571. The Labute approximate surface area is 146 Å². The van der Waals surface area contributed by atoms with E-state index in [0.717, 1.165) is 22.4 Å². The maximum Gasteiger partial charge on any atom is 0.223 e. The van der Waals surface area contributed by atoms with Gasteiger partial charge < -0.3 is 15.1 Å². The zero-order valence-corrected chi connectivity index (χ0v) is 14.2. The molecule has 0 spiro atoms. The number of rotatable bonds is 6. The van der Waals surface area contributed by atoms with Gasteiger partial charge in [-0.15, -0.1) is 0 Å². The van der Waals surface area contributed by atoms with Gasteiger partial charge in [0.1, 0.15) is 0 Å². The van der Waals surface area contributed by atoms with Gasteiger partial charge in [-0.1, -0.05) is 29.8 Å². The summed E-state index contributed by atoms with van der Waals surface area (Å²) in [6, 6.07) is 10.1. The highest BCUT2D eigenvalue weighted by Gasteiger charge is 2.12. The highest BCUT2D eigenvalue weighted by atomic mass is 16.3. The quantitative estimate of drug-likeness (QED) is 0.675. The van der Waals surface area contributed by atoms with Gasteiger partial charge >= 0.3 is 0 Å². The van der Waals surface area contributed by atoms with E-state index in [0.29, 0.717) is 19.0 Å². The second kappa shape index (κ2) is 7.61. The van der Waals surface area contributed by atoms with E-state index in [1.807, 2.05) is 18.2 Å². The maximum absolute atomic E-state index is 10.9. The fraction of sp³-hybridized carbons (Fsp3) is 0.211. The summed E-state index contributed by atoms with van der Waals surface area (Å²) in [5.74, 6) is 0.464. The third-order valence-corrected chi connectivity index (χ3v) is 3.73. The van der Waals surface area contributed by atoms with Crippen LogP contribution in [0.1, 0.15) is 12.5 Å². The van der Waals surface area contributed by atoms with Crippen LogP contribution in [0.15, 0.2) is 53.5 Å². The Balaban J connectivity index is 1.89. The number of aromatic nitrogens is 2. The number of carbonyl (C=O) groups is 1. The molecule has 6 nitrogen and oxygen atoms in total. The summed E-state index contributed by atoms with van der Waals surface area (Å²) >= 11 is 0. The number of nitrogens with one attached hydrogen (secondary N) is 2. The summed E-state index contributed by atoms with van der Waals surface area (Å²) in [6.07, 6.45) is 5.10. The highest BCUT2D eigenvalue weighted by Crippen LogP contribution is 2.31. The Bertz CT molecular complexity index is 842. The molecule has 6 heteroatoms. The van der Waals surface area contributed by atoms with Crippen molar-refractivity contribution in [2.75, 3.05) is 18.4 Å². The Kier molecular flexibility index (Phi) is 5.09. The Hall–Kier alpha value is -3.15. The fourth-order valence-corrected chi connectivity index (χ4v) is 2.44. The molecule has 0 atom stereocenters. The summed E-state index contributed by atoms with van der Waals surface area (Å²) in [6.45, 7) is 4.61. The minimum Gasteiger partial charge on any atom is -0.472 e. The average Bonchev–Trinajstić information content (AvgIpc) is 3.13. The molecular weight excluding hydrogens is 316 g/mol. The van der Waals surface area contributed by atoms with Gasteiger partial charge in [0.25, 0.3) is 0 Å². The van der Waals surface area contributed by atoms with E-state index in [-0.39, 0.29) is 5.91 Å². The molecule has 2 N–H and O–H groups in total. The SMILES string of the molecule is CC(=O)NCCNc1ncc(-c2ccoc2)c(-c2ccc(C)cc2)n1. The maximum atomic E-state index is 10.9. The van der Waals surface area contributed by atoms with Gasteiger partial charge in [0.2, 0.25) is 11.9 Å². The lowest BCUT2D eigenvalue weighted by molar-refractivity contribution is -0.118. The lowest BCUT2D eigenvalue weighted by atomic mass is 10.0. The summed E-state index contributed by atoms with van der Waals surface area (Å²) < 4.78 is 5.20. The van der Waals surface area contributed by atoms with Crippen LogP contribution >= 0.6 is 0 Å². The van der Waals surface area contributed by atoms with Crippen LogP contribution in [0, 0.1) is 6.92 Å². The zero-order chi connectivity index (χ0) is 17.6. The van der Waals surface area contributed by atoms with Crippen LogP contribution < -0.4 is 10.6 Å². The molecule has 2 aromatic heterocycles. The first-order valence-corrected chi connectivity index (χ1v) is 8.08. The van der Waals surface area contributed by atoms with Crippen molar-refractivity contribution in [3.05, 3.63) is 54.6 Å². The molecule has 0 aliphatic rings. The van der Waals surface area contributed by atoms with Crippen molar-refractivity contribution >= 4 is 11.9 Å². The molecule has 3 rings (SSSR count). The summed E-state index contributed by atoms with van der Waals surface area (Å²) in [7, 11) is 0. The van der Waals surface area contributed by atoms with Crippen LogP contribution in [0.4, 0.5) is 5.95 Å². The summed E-state index contributed by atoms with van der Waals surface area (Å²) in [4.78, 5) is 20.0. The van der Waals surface area contributed by atoms with Crippen molar-refractivity contribution in [3.8, 4) is 22.4 Å². The van der Waals surface area contributed by atoms with Crippen LogP contribution in [-0.2, 0) is 4.79 Å². The number of hydrogen-bond acceptors (Lipinski definition) is 5. The number of amides is 1. The van der Waals surface area contributed by atoms with Crippen molar-refractivity contribution in [2.45, 2.75) is 13.8 Å². The molecule has 0 radical (unpaired) electrons. The lowest BCUT2D eigenvalue weighted by Gasteiger charge is -2.11. The zero-order valence-electron chi connectivity index (χ0n) is 14.2. The smallest absolute Gasteiger partial charge is 0.223 e. The van der Waals surface area contributed by atoms with E-state index < -0.39 is 0 Å². The minimum atomic E-state index is -0.0571. The van der Waals surface area contributed by atoms with Crippen LogP contribution in [0.5, 0.6) is 0 Å². The molecule has 0 saturated carbocycles. The van der Waals surface area contributed by atoms with Gasteiger partial charge in [0, 0.05) is 42.9 Å². The van der Waals surface area contributed by atoms with Crippen molar-refractivity contribution in [1.82, 2.24) is 15.3 Å². The van der Waals surface area contributed by atoms with Gasteiger partial charge in [-0.25, -0.2) is 9.97 Å². The first-order chi connectivity index (χ1) is 12.1. The summed E-state index contributed by atoms with van der Waals surface area (Å²) in [5, 5.41) is 5.87. The average molecular weight is 336 g/mol. The molecule has 0 aliphatic carbocycles. The van der Waals surface area contributed by atoms with Crippen LogP contribution in [0.2, 0.25) is 0 Å². The molecule has 0 unspecified atom stereocenters. The first kappa shape index (κ1) is 16.7. The summed E-state index contributed by atoms with van der Waals surface area (Å²) in [5.41, 5.74) is 4.87. The van der Waals surface area contributed by atoms with E-state index in [1.54, 1.807) is 18.7 Å². The van der Waals surface area contributed by atoms with Crippen LogP contribution in [0.3, 0.4) is 0 Å². The molecule has 0 saturated heterocycles. The van der Waals surface area contributed by atoms with E-state index in [4.69, 9.17) is 4.42 Å². The molecule has 2 heterocycles. The molecule has 0 bridgehead atoms. The predicted octanol–water partition coefficient (Wildman–Crippen LogP) is 3.26. The second-order valence-corrected chi connectivity index (χ2v) is 5.74. The van der Waals surface area contributed by atoms with E-state index >= 15 is 0 Å². The largest absolute Gasteiger partial charge is 0.472 e. The van der Waals surface area contributed by atoms with Crippen molar-refractivity contribution in [2.24, 2.45) is 0 Å². The second-order valence-electron chi connectivity index (χ2n) is 5.74. The molecule has 128 valence electrons. The molecule has 0 fully saturated rings. The van der Waals surface area contributed by atoms with E-state index in [9.17, 15) is 4.79 Å².